The maximum Gasteiger partial charge on any atom is 0.257 e. The molecule has 94 valence electrons. The topological polar surface area (TPSA) is 33.5 Å². The van der Waals surface area contributed by atoms with Crippen molar-refractivity contribution in [1.82, 2.24) is 4.90 Å². The molecule has 1 heterocycles. The first kappa shape index (κ1) is 12.4. The van der Waals surface area contributed by atoms with Crippen molar-refractivity contribution < 1.29 is 13.6 Å². The largest absolute Gasteiger partial charge is 0.467 e. The van der Waals surface area contributed by atoms with Crippen LogP contribution in [0, 0.1) is 5.82 Å². The molecule has 0 saturated heterocycles. The summed E-state index contributed by atoms with van der Waals surface area (Å²) in [6.07, 6.45) is 1.55. The van der Waals surface area contributed by atoms with Crippen LogP contribution in [0.15, 0.2) is 47.1 Å². The van der Waals surface area contributed by atoms with Gasteiger partial charge in [0.15, 0.2) is 0 Å². The molecule has 2 rings (SSSR count). The van der Waals surface area contributed by atoms with E-state index in [0.717, 1.165) is 0 Å². The molecule has 1 amide bonds. The quantitative estimate of drug-likeness (QED) is 0.831. The first-order chi connectivity index (χ1) is 8.72. The van der Waals surface area contributed by atoms with Crippen LogP contribution in [-0.4, -0.2) is 17.4 Å². The fourth-order valence-corrected chi connectivity index (χ4v) is 1.72. The Bertz CT molecular complexity index is 522. The fourth-order valence-electron chi connectivity index (χ4n) is 1.72. The van der Waals surface area contributed by atoms with E-state index in [0.29, 0.717) is 18.8 Å². The number of amides is 1. The maximum atomic E-state index is 13.5. The van der Waals surface area contributed by atoms with Crippen molar-refractivity contribution in [3.63, 3.8) is 0 Å². The highest BCUT2D eigenvalue weighted by molar-refractivity contribution is 5.94. The molecule has 0 aliphatic heterocycles. The molecule has 0 fully saturated rings. The van der Waals surface area contributed by atoms with Gasteiger partial charge in [0.1, 0.15) is 11.6 Å². The lowest BCUT2D eigenvalue weighted by atomic mass is 10.2. The van der Waals surface area contributed by atoms with Crippen molar-refractivity contribution in [2.24, 2.45) is 0 Å². The van der Waals surface area contributed by atoms with Gasteiger partial charge in [0, 0.05) is 6.54 Å². The van der Waals surface area contributed by atoms with Gasteiger partial charge in [-0.05, 0) is 31.2 Å². The summed E-state index contributed by atoms with van der Waals surface area (Å²) in [6, 6.07) is 9.54. The molecule has 0 bridgehead atoms. The number of carbonyl (C=O) groups excluding carboxylic acids is 1. The predicted molar refractivity (Wildman–Crippen MR) is 65.5 cm³/mol. The van der Waals surface area contributed by atoms with E-state index >= 15 is 0 Å². The van der Waals surface area contributed by atoms with Gasteiger partial charge in [-0.15, -0.1) is 0 Å². The van der Waals surface area contributed by atoms with E-state index in [4.69, 9.17) is 4.42 Å². The smallest absolute Gasteiger partial charge is 0.257 e. The zero-order chi connectivity index (χ0) is 13.0. The summed E-state index contributed by atoms with van der Waals surface area (Å²) in [7, 11) is 0. The van der Waals surface area contributed by atoms with E-state index in [1.54, 1.807) is 30.5 Å². The normalized spacial score (nSPS) is 10.3. The molecule has 0 N–H and O–H groups in total. The average molecular weight is 247 g/mol. The third kappa shape index (κ3) is 2.59. The van der Waals surface area contributed by atoms with E-state index in [-0.39, 0.29) is 11.5 Å². The number of halogens is 1. The van der Waals surface area contributed by atoms with Gasteiger partial charge in [-0.3, -0.25) is 4.79 Å². The van der Waals surface area contributed by atoms with Crippen LogP contribution >= 0.6 is 0 Å². The van der Waals surface area contributed by atoms with Gasteiger partial charge in [-0.1, -0.05) is 12.1 Å². The maximum absolute atomic E-state index is 13.5. The Morgan fingerprint density at radius 1 is 1.28 bits per heavy atom. The minimum absolute atomic E-state index is 0.0888. The van der Waals surface area contributed by atoms with Gasteiger partial charge < -0.3 is 9.32 Å². The second-order valence-electron chi connectivity index (χ2n) is 3.88. The lowest BCUT2D eigenvalue weighted by Gasteiger charge is -2.19. The van der Waals surface area contributed by atoms with E-state index < -0.39 is 5.82 Å². The number of nitrogens with zero attached hydrogens (tertiary/aromatic N) is 1. The Morgan fingerprint density at radius 3 is 2.67 bits per heavy atom. The van der Waals surface area contributed by atoms with Crippen molar-refractivity contribution in [2.75, 3.05) is 6.54 Å². The third-order valence-electron chi connectivity index (χ3n) is 2.70. The molecule has 0 aliphatic carbocycles. The summed E-state index contributed by atoms with van der Waals surface area (Å²) in [5.74, 6) is -0.145. The first-order valence-corrected chi connectivity index (χ1v) is 5.78. The first-order valence-electron chi connectivity index (χ1n) is 5.78. The summed E-state index contributed by atoms with van der Waals surface area (Å²) in [6.45, 7) is 2.69. The zero-order valence-corrected chi connectivity index (χ0v) is 10.1. The molecular formula is C14H14FNO2. The molecule has 18 heavy (non-hydrogen) atoms. The Labute approximate surface area is 105 Å². The van der Waals surface area contributed by atoms with Crippen LogP contribution in [0.4, 0.5) is 4.39 Å². The van der Waals surface area contributed by atoms with Crippen LogP contribution in [0.25, 0.3) is 0 Å². The molecule has 0 spiro atoms. The molecule has 4 heteroatoms. The molecule has 0 unspecified atom stereocenters. The van der Waals surface area contributed by atoms with Gasteiger partial charge in [0.2, 0.25) is 0 Å². The van der Waals surface area contributed by atoms with Crippen LogP contribution in [0.3, 0.4) is 0 Å². The van der Waals surface area contributed by atoms with E-state index in [1.165, 1.54) is 17.0 Å². The average Bonchev–Trinajstić information content (AvgIpc) is 2.88. The summed E-state index contributed by atoms with van der Waals surface area (Å²) >= 11 is 0. The van der Waals surface area contributed by atoms with Gasteiger partial charge in [0.05, 0.1) is 18.4 Å². The number of hydrogen-bond acceptors (Lipinski definition) is 2. The number of carbonyl (C=O) groups is 1. The molecule has 0 saturated carbocycles. The monoisotopic (exact) mass is 247 g/mol. The second-order valence-corrected chi connectivity index (χ2v) is 3.88. The van der Waals surface area contributed by atoms with Crippen molar-refractivity contribution >= 4 is 5.91 Å². The summed E-state index contributed by atoms with van der Waals surface area (Å²) < 4.78 is 18.7. The van der Waals surface area contributed by atoms with Crippen molar-refractivity contribution in [3.8, 4) is 0 Å². The molecular weight excluding hydrogens is 233 g/mol. The Balaban J connectivity index is 2.18. The van der Waals surface area contributed by atoms with Gasteiger partial charge in [0.25, 0.3) is 5.91 Å². The summed E-state index contributed by atoms with van der Waals surface area (Å²) in [5.41, 5.74) is 0.0888. The van der Waals surface area contributed by atoms with Crippen molar-refractivity contribution in [1.29, 1.82) is 0 Å². The van der Waals surface area contributed by atoms with E-state index in [1.807, 2.05) is 6.92 Å². The Hall–Kier alpha value is -2.10. The Morgan fingerprint density at radius 2 is 2.06 bits per heavy atom. The minimum Gasteiger partial charge on any atom is -0.467 e. The van der Waals surface area contributed by atoms with Crippen LogP contribution in [0.2, 0.25) is 0 Å². The predicted octanol–water partition coefficient (Wildman–Crippen LogP) is 3.08. The zero-order valence-electron chi connectivity index (χ0n) is 10.1. The van der Waals surface area contributed by atoms with Crippen molar-refractivity contribution in [2.45, 2.75) is 13.5 Å². The van der Waals surface area contributed by atoms with Crippen LogP contribution < -0.4 is 0 Å². The highest BCUT2D eigenvalue weighted by atomic mass is 19.1. The number of benzene rings is 1. The van der Waals surface area contributed by atoms with Crippen LogP contribution in [-0.2, 0) is 6.54 Å². The lowest BCUT2D eigenvalue weighted by molar-refractivity contribution is 0.0736. The van der Waals surface area contributed by atoms with Crippen LogP contribution in [0.5, 0.6) is 0 Å². The third-order valence-corrected chi connectivity index (χ3v) is 2.70. The number of hydrogen-bond donors (Lipinski definition) is 0. The highest BCUT2D eigenvalue weighted by Crippen LogP contribution is 2.13. The molecule has 0 radical (unpaired) electrons. The SMILES string of the molecule is CCN(Cc1ccco1)C(=O)c1ccccc1F. The molecule has 0 aliphatic rings. The minimum atomic E-state index is -0.500. The van der Waals surface area contributed by atoms with Crippen molar-refractivity contribution in [3.05, 3.63) is 59.8 Å². The van der Waals surface area contributed by atoms with Gasteiger partial charge >= 0.3 is 0 Å². The summed E-state index contributed by atoms with van der Waals surface area (Å²) in [5, 5.41) is 0. The summed E-state index contributed by atoms with van der Waals surface area (Å²) in [4.78, 5) is 13.7. The van der Waals surface area contributed by atoms with E-state index in [9.17, 15) is 9.18 Å². The fraction of sp³-hybridized carbons (Fsp3) is 0.214. The molecule has 1 aromatic heterocycles. The standard InChI is InChI=1S/C14H14FNO2/c1-2-16(10-11-6-5-9-18-11)14(17)12-7-3-4-8-13(12)15/h3-9H,2,10H2,1H3. The van der Waals surface area contributed by atoms with Gasteiger partial charge in [-0.2, -0.15) is 0 Å². The molecule has 1 aromatic carbocycles. The number of furan rings is 1. The molecule has 3 nitrogen and oxygen atoms in total. The lowest BCUT2D eigenvalue weighted by Crippen LogP contribution is -2.30. The molecule has 2 aromatic rings. The number of rotatable bonds is 4. The second kappa shape index (κ2) is 5.49. The van der Waals surface area contributed by atoms with E-state index in [2.05, 4.69) is 0 Å². The molecule has 0 atom stereocenters. The van der Waals surface area contributed by atoms with Gasteiger partial charge in [-0.25, -0.2) is 4.39 Å². The van der Waals surface area contributed by atoms with Crippen LogP contribution in [0.1, 0.15) is 23.0 Å². The highest BCUT2D eigenvalue weighted by Gasteiger charge is 2.18. The Kier molecular flexibility index (Phi) is 3.77.